The molecule has 1 aliphatic rings. The lowest BCUT2D eigenvalue weighted by Gasteiger charge is -2.13. The molecule has 0 amide bonds. The van der Waals surface area contributed by atoms with Crippen LogP contribution in [-0.2, 0) is 4.74 Å². The van der Waals surface area contributed by atoms with Crippen LogP contribution in [-0.4, -0.2) is 58.3 Å². The Morgan fingerprint density at radius 3 is 3.11 bits per heavy atom. The molecular formula is C19H24N6O2. The van der Waals surface area contributed by atoms with E-state index in [0.29, 0.717) is 12.1 Å². The molecule has 3 aromatic heterocycles. The van der Waals surface area contributed by atoms with Crippen molar-refractivity contribution >= 4 is 11.5 Å². The Hall–Kier alpha value is -2.71. The SMILES string of the molecule is CCOCC1CC(Nc2cncc(-c3cnc4cc(OC)ccn34)n2)CN1. The van der Waals surface area contributed by atoms with E-state index in [1.807, 2.05) is 29.7 Å². The first-order valence-corrected chi connectivity index (χ1v) is 9.18. The maximum Gasteiger partial charge on any atom is 0.145 e. The molecule has 1 fully saturated rings. The van der Waals surface area contributed by atoms with Gasteiger partial charge in [-0.05, 0) is 19.4 Å². The van der Waals surface area contributed by atoms with Gasteiger partial charge in [-0.1, -0.05) is 0 Å². The zero-order chi connectivity index (χ0) is 18.6. The number of aromatic nitrogens is 4. The normalized spacial score (nSPS) is 19.5. The monoisotopic (exact) mass is 368 g/mol. The zero-order valence-electron chi connectivity index (χ0n) is 15.6. The minimum absolute atomic E-state index is 0.312. The maximum atomic E-state index is 5.50. The molecule has 8 nitrogen and oxygen atoms in total. The Bertz CT molecular complexity index is 912. The van der Waals surface area contributed by atoms with Crippen molar-refractivity contribution in [2.75, 3.05) is 32.2 Å². The number of pyridine rings is 1. The third kappa shape index (κ3) is 3.86. The van der Waals surface area contributed by atoms with Crippen molar-refractivity contribution in [2.45, 2.75) is 25.4 Å². The van der Waals surface area contributed by atoms with Gasteiger partial charge in [0.15, 0.2) is 0 Å². The van der Waals surface area contributed by atoms with Crippen LogP contribution in [0.5, 0.6) is 5.75 Å². The first-order chi connectivity index (χ1) is 13.3. The lowest BCUT2D eigenvalue weighted by Crippen LogP contribution is -2.26. The van der Waals surface area contributed by atoms with E-state index in [1.54, 1.807) is 25.7 Å². The first kappa shape index (κ1) is 17.7. The number of nitrogens with one attached hydrogen (secondary N) is 2. The Morgan fingerprint density at radius 2 is 2.26 bits per heavy atom. The Kier molecular flexibility index (Phi) is 5.17. The molecule has 142 valence electrons. The fraction of sp³-hybridized carbons (Fsp3) is 0.421. The minimum Gasteiger partial charge on any atom is -0.497 e. The van der Waals surface area contributed by atoms with Crippen molar-refractivity contribution in [1.82, 2.24) is 24.7 Å². The Morgan fingerprint density at radius 1 is 1.33 bits per heavy atom. The van der Waals surface area contributed by atoms with Gasteiger partial charge in [0.05, 0.1) is 38.0 Å². The standard InChI is InChI=1S/C19H24N6O2/c1-3-27-12-14-6-13(8-21-14)23-18-11-20-9-16(24-18)17-10-22-19-7-15(26-2)4-5-25(17)19/h4-5,7,9-11,13-14,21H,3,6,8,12H2,1-2H3,(H,23,24). The summed E-state index contributed by atoms with van der Waals surface area (Å²) in [5.74, 6) is 1.54. The van der Waals surface area contributed by atoms with E-state index in [9.17, 15) is 0 Å². The van der Waals surface area contributed by atoms with Gasteiger partial charge in [-0.25, -0.2) is 9.97 Å². The van der Waals surface area contributed by atoms with Crippen LogP contribution < -0.4 is 15.4 Å². The van der Waals surface area contributed by atoms with Crippen LogP contribution in [0.4, 0.5) is 5.82 Å². The molecule has 2 unspecified atom stereocenters. The van der Waals surface area contributed by atoms with Crippen molar-refractivity contribution in [3.05, 3.63) is 36.9 Å². The third-order valence-electron chi connectivity index (χ3n) is 4.71. The predicted octanol–water partition coefficient (Wildman–Crippen LogP) is 1.98. The molecule has 1 saturated heterocycles. The maximum absolute atomic E-state index is 5.50. The summed E-state index contributed by atoms with van der Waals surface area (Å²) in [7, 11) is 1.65. The molecule has 0 aromatic carbocycles. The van der Waals surface area contributed by atoms with Crippen molar-refractivity contribution in [2.24, 2.45) is 0 Å². The fourth-order valence-corrected chi connectivity index (χ4v) is 3.36. The fourth-order valence-electron chi connectivity index (χ4n) is 3.36. The van der Waals surface area contributed by atoms with Crippen LogP contribution in [0.15, 0.2) is 36.9 Å². The minimum atomic E-state index is 0.312. The van der Waals surface area contributed by atoms with Gasteiger partial charge in [0.25, 0.3) is 0 Å². The number of imidazole rings is 1. The van der Waals surface area contributed by atoms with E-state index in [-0.39, 0.29) is 0 Å². The zero-order valence-corrected chi connectivity index (χ0v) is 15.6. The van der Waals surface area contributed by atoms with Crippen LogP contribution in [0.1, 0.15) is 13.3 Å². The van der Waals surface area contributed by atoms with E-state index in [1.165, 1.54) is 0 Å². The number of hydrogen-bond donors (Lipinski definition) is 2. The van der Waals surface area contributed by atoms with Crippen LogP contribution in [0, 0.1) is 0 Å². The topological polar surface area (TPSA) is 85.6 Å². The summed E-state index contributed by atoms with van der Waals surface area (Å²) in [6, 6.07) is 4.48. The molecule has 0 aliphatic carbocycles. The molecule has 0 bridgehead atoms. The van der Waals surface area contributed by atoms with Crippen molar-refractivity contribution in [3.8, 4) is 17.1 Å². The molecule has 8 heteroatoms. The molecule has 2 N–H and O–H groups in total. The highest BCUT2D eigenvalue weighted by Gasteiger charge is 2.24. The number of ether oxygens (including phenoxy) is 2. The van der Waals surface area contributed by atoms with Crippen molar-refractivity contribution in [3.63, 3.8) is 0 Å². The summed E-state index contributed by atoms with van der Waals surface area (Å²) in [6.07, 6.45) is 8.24. The van der Waals surface area contributed by atoms with E-state index >= 15 is 0 Å². The van der Waals surface area contributed by atoms with Gasteiger partial charge in [-0.15, -0.1) is 0 Å². The van der Waals surface area contributed by atoms with E-state index < -0.39 is 0 Å². The van der Waals surface area contributed by atoms with Gasteiger partial charge in [0, 0.05) is 37.5 Å². The van der Waals surface area contributed by atoms with Gasteiger partial charge >= 0.3 is 0 Å². The predicted molar refractivity (Wildman–Crippen MR) is 103 cm³/mol. The smallest absolute Gasteiger partial charge is 0.145 e. The van der Waals surface area contributed by atoms with E-state index in [2.05, 4.69) is 20.6 Å². The largest absolute Gasteiger partial charge is 0.497 e. The van der Waals surface area contributed by atoms with E-state index in [0.717, 1.165) is 54.8 Å². The summed E-state index contributed by atoms with van der Waals surface area (Å²) in [5.41, 5.74) is 2.47. The average Bonchev–Trinajstić information content (AvgIpc) is 3.32. The molecule has 27 heavy (non-hydrogen) atoms. The van der Waals surface area contributed by atoms with Crippen LogP contribution in [0.3, 0.4) is 0 Å². The Balaban J connectivity index is 1.50. The van der Waals surface area contributed by atoms with Crippen LogP contribution in [0.2, 0.25) is 0 Å². The van der Waals surface area contributed by atoms with Gasteiger partial charge < -0.3 is 20.1 Å². The van der Waals surface area contributed by atoms with Crippen LogP contribution in [0.25, 0.3) is 17.0 Å². The highest BCUT2D eigenvalue weighted by Crippen LogP contribution is 2.22. The van der Waals surface area contributed by atoms with Crippen molar-refractivity contribution < 1.29 is 9.47 Å². The summed E-state index contributed by atoms with van der Waals surface area (Å²) >= 11 is 0. The summed E-state index contributed by atoms with van der Waals surface area (Å²) in [5, 5.41) is 6.95. The van der Waals surface area contributed by atoms with E-state index in [4.69, 9.17) is 14.5 Å². The molecule has 4 rings (SSSR count). The Labute approximate surface area is 158 Å². The number of nitrogens with zero attached hydrogens (tertiary/aromatic N) is 4. The number of rotatable bonds is 7. The average molecular weight is 368 g/mol. The van der Waals surface area contributed by atoms with Crippen molar-refractivity contribution in [1.29, 1.82) is 0 Å². The summed E-state index contributed by atoms with van der Waals surface area (Å²) < 4.78 is 12.7. The molecule has 0 spiro atoms. The molecular weight excluding hydrogens is 344 g/mol. The lowest BCUT2D eigenvalue weighted by molar-refractivity contribution is 0.128. The highest BCUT2D eigenvalue weighted by molar-refractivity contribution is 5.61. The number of anilines is 1. The summed E-state index contributed by atoms with van der Waals surface area (Å²) in [4.78, 5) is 13.5. The number of fused-ring (bicyclic) bond motifs is 1. The lowest BCUT2D eigenvalue weighted by atomic mass is 10.2. The summed E-state index contributed by atoms with van der Waals surface area (Å²) in [6.45, 7) is 4.39. The third-order valence-corrected chi connectivity index (χ3v) is 4.71. The van der Waals surface area contributed by atoms with Crippen LogP contribution >= 0.6 is 0 Å². The molecule has 2 atom stereocenters. The molecule has 3 aromatic rings. The van der Waals surface area contributed by atoms with Gasteiger partial charge in [0.1, 0.15) is 22.9 Å². The highest BCUT2D eigenvalue weighted by atomic mass is 16.5. The molecule has 1 aliphatic heterocycles. The first-order valence-electron chi connectivity index (χ1n) is 9.18. The number of hydrogen-bond acceptors (Lipinski definition) is 7. The second-order valence-electron chi connectivity index (χ2n) is 6.57. The quantitative estimate of drug-likeness (QED) is 0.659. The molecule has 0 saturated carbocycles. The second kappa shape index (κ2) is 7.89. The number of methoxy groups -OCH3 is 1. The molecule has 4 heterocycles. The molecule has 0 radical (unpaired) electrons. The van der Waals surface area contributed by atoms with Gasteiger partial charge in [0.2, 0.25) is 0 Å². The second-order valence-corrected chi connectivity index (χ2v) is 6.57. The van der Waals surface area contributed by atoms with Gasteiger partial charge in [-0.2, -0.15) is 0 Å². The van der Waals surface area contributed by atoms with Gasteiger partial charge in [-0.3, -0.25) is 9.38 Å².